The molecule has 30 heavy (non-hydrogen) atoms. The van der Waals surface area contributed by atoms with E-state index in [0.717, 1.165) is 37.1 Å². The number of benzene rings is 1. The van der Waals surface area contributed by atoms with Gasteiger partial charge in [0.1, 0.15) is 6.61 Å². The van der Waals surface area contributed by atoms with Gasteiger partial charge in [0.05, 0.1) is 11.3 Å². The monoisotopic (exact) mass is 409 g/mol. The Morgan fingerprint density at radius 3 is 2.57 bits per heavy atom. The third-order valence-electron chi connectivity index (χ3n) is 5.58. The molecule has 160 valence electrons. The quantitative estimate of drug-likeness (QED) is 0.680. The van der Waals surface area contributed by atoms with Crippen molar-refractivity contribution >= 4 is 11.8 Å². The molecule has 1 N–H and O–H groups in total. The van der Waals surface area contributed by atoms with Gasteiger partial charge in [-0.3, -0.25) is 14.6 Å². The normalized spacial score (nSPS) is 14.5. The lowest BCUT2D eigenvalue weighted by Gasteiger charge is -2.32. The number of piperidine rings is 1. The zero-order valence-corrected chi connectivity index (χ0v) is 17.9. The Kier molecular flexibility index (Phi) is 7.97. The fourth-order valence-corrected chi connectivity index (χ4v) is 3.93. The number of likely N-dealkylation sites (tertiary alicyclic amines) is 1. The third kappa shape index (κ3) is 5.89. The molecule has 1 aromatic heterocycles. The molecule has 3 rings (SSSR count). The Morgan fingerprint density at radius 2 is 1.87 bits per heavy atom. The molecule has 2 aromatic rings. The highest BCUT2D eigenvalue weighted by Gasteiger charge is 2.27. The predicted octanol–water partition coefficient (Wildman–Crippen LogP) is 3.11. The van der Waals surface area contributed by atoms with Crippen LogP contribution in [0.5, 0.6) is 0 Å². The van der Waals surface area contributed by atoms with Crippen LogP contribution in [0.1, 0.15) is 52.5 Å². The van der Waals surface area contributed by atoms with Crippen molar-refractivity contribution in [3.05, 3.63) is 65.0 Å². The predicted molar refractivity (Wildman–Crippen MR) is 117 cm³/mol. The van der Waals surface area contributed by atoms with Crippen LogP contribution in [-0.2, 0) is 16.0 Å². The van der Waals surface area contributed by atoms with Gasteiger partial charge < -0.3 is 15.0 Å². The van der Waals surface area contributed by atoms with Gasteiger partial charge >= 0.3 is 0 Å². The minimum atomic E-state index is -0.0662. The van der Waals surface area contributed by atoms with Gasteiger partial charge in [0.15, 0.2) is 0 Å². The molecule has 1 aliphatic heterocycles. The molecule has 0 aliphatic carbocycles. The van der Waals surface area contributed by atoms with E-state index in [-0.39, 0.29) is 24.3 Å². The maximum Gasteiger partial charge on any atom is 0.253 e. The second-order valence-corrected chi connectivity index (χ2v) is 7.82. The molecule has 0 radical (unpaired) electrons. The van der Waals surface area contributed by atoms with Crippen LogP contribution in [0.25, 0.3) is 0 Å². The van der Waals surface area contributed by atoms with Gasteiger partial charge in [-0.05, 0) is 50.3 Å². The lowest BCUT2D eigenvalue weighted by atomic mass is 9.89. The SMILES string of the molecule is COCC(=O)N1CCC(c2nc(C)ccc2C(=O)NCCCc2ccccc2)CC1. The fourth-order valence-electron chi connectivity index (χ4n) is 3.93. The summed E-state index contributed by atoms with van der Waals surface area (Å²) in [4.78, 5) is 31.4. The first-order valence-electron chi connectivity index (χ1n) is 10.6. The summed E-state index contributed by atoms with van der Waals surface area (Å²) >= 11 is 0. The van der Waals surface area contributed by atoms with E-state index in [1.165, 1.54) is 12.7 Å². The van der Waals surface area contributed by atoms with Crippen LogP contribution >= 0.6 is 0 Å². The second kappa shape index (κ2) is 10.9. The molecule has 0 unspecified atom stereocenters. The number of nitrogens with one attached hydrogen (secondary N) is 1. The molecule has 1 fully saturated rings. The van der Waals surface area contributed by atoms with Crippen LogP contribution in [0.2, 0.25) is 0 Å². The average Bonchev–Trinajstić information content (AvgIpc) is 2.77. The highest BCUT2D eigenvalue weighted by atomic mass is 16.5. The molecular weight excluding hydrogens is 378 g/mol. The first-order chi connectivity index (χ1) is 14.6. The molecular formula is C24H31N3O3. The van der Waals surface area contributed by atoms with E-state index in [4.69, 9.17) is 9.72 Å². The molecule has 0 bridgehead atoms. The minimum Gasteiger partial charge on any atom is -0.375 e. The molecule has 0 saturated carbocycles. The number of methoxy groups -OCH3 is 1. The number of amides is 2. The van der Waals surface area contributed by atoms with Crippen LogP contribution < -0.4 is 5.32 Å². The van der Waals surface area contributed by atoms with Crippen LogP contribution in [0, 0.1) is 6.92 Å². The summed E-state index contributed by atoms with van der Waals surface area (Å²) in [7, 11) is 1.53. The largest absolute Gasteiger partial charge is 0.375 e. The summed E-state index contributed by atoms with van der Waals surface area (Å²) in [6.45, 7) is 4.03. The van der Waals surface area contributed by atoms with Gasteiger partial charge in [0.2, 0.25) is 5.91 Å². The van der Waals surface area contributed by atoms with E-state index < -0.39 is 0 Å². The molecule has 2 amide bonds. The number of rotatable bonds is 8. The zero-order chi connectivity index (χ0) is 21.3. The number of ether oxygens (including phenoxy) is 1. The van der Waals surface area contributed by atoms with Crippen LogP contribution in [0.4, 0.5) is 0 Å². The van der Waals surface area contributed by atoms with Crippen molar-refractivity contribution in [3.8, 4) is 0 Å². The average molecular weight is 410 g/mol. The van der Waals surface area contributed by atoms with Crippen LogP contribution in [0.15, 0.2) is 42.5 Å². The zero-order valence-electron chi connectivity index (χ0n) is 17.9. The van der Waals surface area contributed by atoms with Crippen molar-refractivity contribution in [2.24, 2.45) is 0 Å². The number of carbonyl (C=O) groups is 2. The highest BCUT2D eigenvalue weighted by Crippen LogP contribution is 2.29. The molecule has 0 spiro atoms. The Bertz CT molecular complexity index is 846. The number of pyridine rings is 1. The van der Waals surface area contributed by atoms with E-state index in [9.17, 15) is 9.59 Å². The van der Waals surface area contributed by atoms with Crippen molar-refractivity contribution in [1.82, 2.24) is 15.2 Å². The highest BCUT2D eigenvalue weighted by molar-refractivity contribution is 5.95. The standard InChI is InChI=1S/C24H31N3O3/c1-18-10-11-21(24(29)25-14-6-9-19-7-4-3-5-8-19)23(26-18)20-12-15-27(16-13-20)22(28)17-30-2/h3-5,7-8,10-11,20H,6,9,12-17H2,1-2H3,(H,25,29). The minimum absolute atomic E-state index is 0.0181. The Balaban J connectivity index is 1.58. The molecule has 1 saturated heterocycles. The van der Waals surface area contributed by atoms with Crippen LogP contribution in [-0.4, -0.2) is 55.0 Å². The van der Waals surface area contributed by atoms with E-state index in [0.29, 0.717) is 25.2 Å². The molecule has 1 aromatic carbocycles. The number of carbonyl (C=O) groups excluding carboxylic acids is 2. The lowest BCUT2D eigenvalue weighted by Crippen LogP contribution is -2.40. The fraction of sp³-hybridized carbons (Fsp3) is 0.458. The maximum absolute atomic E-state index is 12.9. The van der Waals surface area contributed by atoms with Crippen molar-refractivity contribution in [2.45, 2.75) is 38.5 Å². The summed E-state index contributed by atoms with van der Waals surface area (Å²) in [6.07, 6.45) is 3.44. The summed E-state index contributed by atoms with van der Waals surface area (Å²) in [6, 6.07) is 14.1. The number of hydrogen-bond acceptors (Lipinski definition) is 4. The summed E-state index contributed by atoms with van der Waals surface area (Å²) < 4.78 is 4.95. The Morgan fingerprint density at radius 1 is 1.13 bits per heavy atom. The number of aryl methyl sites for hydroxylation is 2. The van der Waals surface area contributed by atoms with E-state index in [1.807, 2.05) is 42.2 Å². The van der Waals surface area contributed by atoms with Gasteiger partial charge in [0.25, 0.3) is 5.91 Å². The third-order valence-corrected chi connectivity index (χ3v) is 5.58. The van der Waals surface area contributed by atoms with Crippen LogP contribution in [0.3, 0.4) is 0 Å². The smallest absolute Gasteiger partial charge is 0.253 e. The molecule has 1 aliphatic rings. The van der Waals surface area contributed by atoms with Gasteiger partial charge in [-0.15, -0.1) is 0 Å². The summed E-state index contributed by atoms with van der Waals surface area (Å²) in [5.41, 5.74) is 3.69. The first kappa shape index (κ1) is 22.0. The molecule has 6 nitrogen and oxygen atoms in total. The van der Waals surface area contributed by atoms with Crippen molar-refractivity contribution in [2.75, 3.05) is 33.4 Å². The number of hydrogen-bond donors (Lipinski definition) is 1. The molecule has 2 heterocycles. The first-order valence-corrected chi connectivity index (χ1v) is 10.6. The number of aromatic nitrogens is 1. The van der Waals surface area contributed by atoms with Crippen molar-refractivity contribution in [3.63, 3.8) is 0 Å². The van der Waals surface area contributed by atoms with E-state index >= 15 is 0 Å². The topological polar surface area (TPSA) is 71.5 Å². The Labute approximate surface area is 178 Å². The Hall–Kier alpha value is -2.73. The van der Waals surface area contributed by atoms with E-state index in [2.05, 4.69) is 17.4 Å². The maximum atomic E-state index is 12.9. The van der Waals surface area contributed by atoms with Gasteiger partial charge in [-0.25, -0.2) is 0 Å². The van der Waals surface area contributed by atoms with E-state index in [1.54, 1.807) is 0 Å². The lowest BCUT2D eigenvalue weighted by molar-refractivity contribution is -0.136. The van der Waals surface area contributed by atoms with Gasteiger partial charge in [-0.1, -0.05) is 30.3 Å². The van der Waals surface area contributed by atoms with Gasteiger partial charge in [-0.2, -0.15) is 0 Å². The summed E-state index contributed by atoms with van der Waals surface area (Å²) in [5, 5.41) is 3.05. The number of nitrogens with zero attached hydrogens (tertiary/aromatic N) is 2. The van der Waals surface area contributed by atoms with Gasteiger partial charge in [0, 0.05) is 38.4 Å². The molecule has 6 heteroatoms. The summed E-state index contributed by atoms with van der Waals surface area (Å²) in [5.74, 6) is 0.134. The van der Waals surface area contributed by atoms with Crippen molar-refractivity contribution in [1.29, 1.82) is 0 Å². The second-order valence-electron chi connectivity index (χ2n) is 7.82. The molecule has 0 atom stereocenters. The van der Waals surface area contributed by atoms with Crippen molar-refractivity contribution < 1.29 is 14.3 Å².